The summed E-state index contributed by atoms with van der Waals surface area (Å²) in [6.07, 6.45) is 3.06. The summed E-state index contributed by atoms with van der Waals surface area (Å²) in [4.78, 5) is 0. The van der Waals surface area contributed by atoms with Crippen LogP contribution in [0.5, 0.6) is 0 Å². The molecule has 0 aliphatic carbocycles. The number of thioether (sulfide) groups is 1. The SMILES string of the molecule is C1CN1.C1CO1.C1CP1.C1CS1. The second-order valence-electron chi connectivity index (χ2n) is 2.72. The summed E-state index contributed by atoms with van der Waals surface area (Å²) in [5.41, 5.74) is 0. The molecular formula is C8H18NOPS. The molecule has 4 fully saturated rings. The fourth-order valence-corrected chi connectivity index (χ4v) is 0. The second kappa shape index (κ2) is 8.31. The number of ether oxygens (including phenoxy) is 1. The van der Waals surface area contributed by atoms with Crippen molar-refractivity contribution in [3.63, 3.8) is 0 Å². The molecule has 0 aromatic heterocycles. The highest BCUT2D eigenvalue weighted by molar-refractivity contribution is 8.06. The molecule has 4 aliphatic heterocycles. The van der Waals surface area contributed by atoms with Crippen LogP contribution in [0.2, 0.25) is 0 Å². The topological polar surface area (TPSA) is 34.5 Å². The van der Waals surface area contributed by atoms with Crippen LogP contribution < -0.4 is 5.32 Å². The Morgan fingerprint density at radius 3 is 1.42 bits per heavy atom. The van der Waals surface area contributed by atoms with Crippen molar-refractivity contribution in [2.45, 2.75) is 0 Å². The smallest absolute Gasteiger partial charge is 0.0701 e. The monoisotopic (exact) mass is 207 g/mol. The second-order valence-corrected chi connectivity index (χ2v) is 5.45. The molecule has 4 aliphatic rings. The third kappa shape index (κ3) is 45.6. The molecule has 12 heavy (non-hydrogen) atoms. The molecule has 4 heteroatoms. The molecule has 1 N–H and O–H groups in total. The summed E-state index contributed by atoms with van der Waals surface area (Å²) in [5, 5.41) is 3.00. The Kier molecular flexibility index (Phi) is 7.46. The van der Waals surface area contributed by atoms with Gasteiger partial charge in [-0.1, -0.05) is 0 Å². The Morgan fingerprint density at radius 1 is 1.08 bits per heavy atom. The van der Waals surface area contributed by atoms with E-state index in [1.165, 1.54) is 45.5 Å². The lowest BCUT2D eigenvalue weighted by Crippen LogP contribution is -1.56. The van der Waals surface area contributed by atoms with Crippen LogP contribution in [0.4, 0.5) is 0 Å². The first-order chi connectivity index (χ1) is 6.00. The number of nitrogens with one attached hydrogen (secondary N) is 1. The van der Waals surface area contributed by atoms with Crippen molar-refractivity contribution in [2.75, 3.05) is 50.1 Å². The zero-order chi connectivity index (χ0) is 8.49. The third-order valence-electron chi connectivity index (χ3n) is 0.908. The summed E-state index contributed by atoms with van der Waals surface area (Å²) < 4.78 is 4.50. The Morgan fingerprint density at radius 2 is 1.42 bits per heavy atom. The molecule has 0 amide bonds. The lowest BCUT2D eigenvalue weighted by atomic mass is 11.0. The fraction of sp³-hybridized carbons (Fsp3) is 1.00. The fourth-order valence-electron chi connectivity index (χ4n) is 0. The molecule has 0 aromatic rings. The molecule has 4 rings (SSSR count). The van der Waals surface area contributed by atoms with Gasteiger partial charge in [0.15, 0.2) is 0 Å². The van der Waals surface area contributed by atoms with Gasteiger partial charge in [0, 0.05) is 24.6 Å². The van der Waals surface area contributed by atoms with E-state index in [9.17, 15) is 0 Å². The van der Waals surface area contributed by atoms with Crippen molar-refractivity contribution in [3.8, 4) is 0 Å². The summed E-state index contributed by atoms with van der Waals surface area (Å²) in [7, 11) is 1.33. The van der Waals surface area contributed by atoms with Gasteiger partial charge in [-0.25, -0.2) is 0 Å². The summed E-state index contributed by atoms with van der Waals surface area (Å²) >= 11 is 2.00. The van der Waals surface area contributed by atoms with Crippen LogP contribution in [0.25, 0.3) is 0 Å². The first kappa shape index (κ1) is 10.8. The summed E-state index contributed by atoms with van der Waals surface area (Å²) in [6, 6.07) is 0. The minimum atomic E-state index is 1.00. The quantitative estimate of drug-likeness (QED) is 0.475. The molecular weight excluding hydrogens is 189 g/mol. The van der Waals surface area contributed by atoms with Crippen molar-refractivity contribution < 1.29 is 4.74 Å². The van der Waals surface area contributed by atoms with Crippen molar-refractivity contribution >= 4 is 20.3 Å². The number of epoxide rings is 1. The van der Waals surface area contributed by atoms with E-state index in [2.05, 4.69) is 10.1 Å². The Balaban J connectivity index is 0.0000000800. The van der Waals surface area contributed by atoms with Crippen molar-refractivity contribution in [1.82, 2.24) is 5.32 Å². The first-order valence-corrected chi connectivity index (χ1v) is 7.14. The Hall–Kier alpha value is 0.700. The highest BCUT2D eigenvalue weighted by Crippen LogP contribution is 2.24. The van der Waals surface area contributed by atoms with E-state index in [-0.39, 0.29) is 0 Å². The Labute approximate surface area is 81.0 Å². The zero-order valence-corrected chi connectivity index (χ0v) is 9.29. The predicted octanol–water partition coefficient (Wildman–Crippen LogP) is 1.02. The molecule has 0 unspecified atom stereocenters. The maximum Gasteiger partial charge on any atom is 0.0701 e. The lowest BCUT2D eigenvalue weighted by Gasteiger charge is -1.24. The molecule has 0 bridgehead atoms. The van der Waals surface area contributed by atoms with Crippen molar-refractivity contribution in [2.24, 2.45) is 0 Å². The Bertz CT molecular complexity index is 62.0. The minimum Gasteiger partial charge on any atom is -0.377 e. The highest BCUT2D eigenvalue weighted by atomic mass is 32.2. The van der Waals surface area contributed by atoms with Gasteiger partial charge in [0.05, 0.1) is 13.2 Å². The van der Waals surface area contributed by atoms with Crippen LogP contribution in [0.3, 0.4) is 0 Å². The van der Waals surface area contributed by atoms with E-state index in [1.54, 1.807) is 0 Å². The van der Waals surface area contributed by atoms with Gasteiger partial charge in [0.1, 0.15) is 0 Å². The molecule has 0 atom stereocenters. The number of rotatable bonds is 0. The standard InChI is InChI=1S/C2H5N.C2H4O.C2H5P.C2H4S/c4*1-2-3-1/h3H,1-2H2;1-2H2;3H,1-2H2;1-2H2. The van der Waals surface area contributed by atoms with E-state index in [1.807, 2.05) is 11.8 Å². The van der Waals surface area contributed by atoms with Crippen LogP contribution in [0, 0.1) is 0 Å². The first-order valence-electron chi connectivity index (χ1n) is 4.57. The van der Waals surface area contributed by atoms with Crippen molar-refractivity contribution in [3.05, 3.63) is 0 Å². The highest BCUT2D eigenvalue weighted by Gasteiger charge is 1.95. The average molecular weight is 207 g/mol. The maximum absolute atomic E-state index is 4.50. The molecule has 0 saturated carbocycles. The molecule has 4 heterocycles. The van der Waals surface area contributed by atoms with Crippen LogP contribution in [0.15, 0.2) is 0 Å². The van der Waals surface area contributed by atoms with Gasteiger partial charge in [-0.05, 0) is 12.3 Å². The van der Waals surface area contributed by atoms with Crippen molar-refractivity contribution in [1.29, 1.82) is 0 Å². The molecule has 2 nitrogen and oxygen atoms in total. The van der Waals surface area contributed by atoms with E-state index in [4.69, 9.17) is 0 Å². The number of hydrogen-bond donors (Lipinski definition) is 1. The number of hydrogen-bond acceptors (Lipinski definition) is 3. The molecule has 0 aromatic carbocycles. The maximum atomic E-state index is 4.50. The summed E-state index contributed by atoms with van der Waals surface area (Å²) in [6.45, 7) is 4.50. The van der Waals surface area contributed by atoms with Gasteiger partial charge in [-0.15, -0.1) is 8.58 Å². The lowest BCUT2D eigenvalue weighted by molar-refractivity contribution is 0.475. The van der Waals surface area contributed by atoms with Gasteiger partial charge in [-0.2, -0.15) is 11.8 Å². The van der Waals surface area contributed by atoms with Crippen LogP contribution in [-0.2, 0) is 4.74 Å². The van der Waals surface area contributed by atoms with Gasteiger partial charge >= 0.3 is 0 Å². The van der Waals surface area contributed by atoms with Crippen LogP contribution >= 0.6 is 20.3 Å². The van der Waals surface area contributed by atoms with E-state index >= 15 is 0 Å². The van der Waals surface area contributed by atoms with E-state index < -0.39 is 0 Å². The van der Waals surface area contributed by atoms with E-state index in [0.29, 0.717) is 0 Å². The zero-order valence-electron chi connectivity index (χ0n) is 7.47. The van der Waals surface area contributed by atoms with Gasteiger partial charge < -0.3 is 10.1 Å². The predicted molar refractivity (Wildman–Crippen MR) is 59.1 cm³/mol. The normalized spacial score (nSPS) is 24.0. The van der Waals surface area contributed by atoms with Crippen LogP contribution in [0.1, 0.15) is 0 Å². The molecule has 4 saturated heterocycles. The minimum absolute atomic E-state index is 1.00. The summed E-state index contributed by atoms with van der Waals surface area (Å²) in [5.74, 6) is 2.83. The third-order valence-corrected chi connectivity index (χ3v) is 1.82. The average Bonchev–Trinajstić information content (AvgIpc) is 2.99. The van der Waals surface area contributed by atoms with Crippen LogP contribution in [-0.4, -0.2) is 50.1 Å². The van der Waals surface area contributed by atoms with Gasteiger partial charge in [0.2, 0.25) is 0 Å². The van der Waals surface area contributed by atoms with Gasteiger partial charge in [-0.3, -0.25) is 0 Å². The van der Waals surface area contributed by atoms with Gasteiger partial charge in [0.25, 0.3) is 0 Å². The molecule has 0 spiro atoms. The van der Waals surface area contributed by atoms with E-state index in [0.717, 1.165) is 13.2 Å². The molecule has 72 valence electrons. The largest absolute Gasteiger partial charge is 0.377 e. The molecule has 0 radical (unpaired) electrons.